The van der Waals surface area contributed by atoms with Crippen LogP contribution in [0, 0.1) is 5.92 Å². The molecule has 0 radical (unpaired) electrons. The monoisotopic (exact) mass is 424 g/mol. The summed E-state index contributed by atoms with van der Waals surface area (Å²) in [6, 6.07) is 0. The molecular weight excluding hydrogens is 376 g/mol. The first-order valence-corrected chi connectivity index (χ1v) is 12.8. The number of Topliss-reactive ketones (excluding diaryl/α,β-unsaturated/α-hetero) is 1. The predicted molar refractivity (Wildman–Crippen MR) is 125 cm³/mol. The van der Waals surface area contributed by atoms with E-state index in [2.05, 4.69) is 6.92 Å². The average molecular weight is 425 g/mol. The Morgan fingerprint density at radius 1 is 0.700 bits per heavy atom. The van der Waals surface area contributed by atoms with E-state index < -0.39 is 5.97 Å². The zero-order valence-electron chi connectivity index (χ0n) is 19.7. The lowest BCUT2D eigenvalue weighted by Gasteiger charge is -2.14. The summed E-state index contributed by atoms with van der Waals surface area (Å²) in [5.74, 6) is -0.980. The molecule has 0 aliphatic heterocycles. The number of unbranched alkanes of at least 4 members (excludes halogenated alkanes) is 16. The fraction of sp³-hybridized carbons (Fsp3) is 0.885. The van der Waals surface area contributed by atoms with Gasteiger partial charge in [0.25, 0.3) is 0 Å². The van der Waals surface area contributed by atoms with Crippen molar-refractivity contribution in [1.29, 1.82) is 0 Å². The molecule has 0 fully saturated rings. The largest absolute Gasteiger partial charge is 0.481 e. The molecule has 0 heterocycles. The zero-order valence-corrected chi connectivity index (χ0v) is 19.7. The highest BCUT2D eigenvalue weighted by molar-refractivity contribution is 5.84. The molecule has 0 aromatic rings. The first-order chi connectivity index (χ1) is 14.6. The van der Waals surface area contributed by atoms with Crippen LogP contribution in [0.25, 0.3) is 0 Å². The lowest BCUT2D eigenvalue weighted by Crippen LogP contribution is -2.18. The van der Waals surface area contributed by atoms with Crippen LogP contribution in [0.1, 0.15) is 142 Å². The highest BCUT2D eigenvalue weighted by Gasteiger charge is 2.20. The van der Waals surface area contributed by atoms with Gasteiger partial charge in [0.15, 0.2) is 0 Å². The van der Waals surface area contributed by atoms with Gasteiger partial charge in [0.1, 0.15) is 12.1 Å². The van der Waals surface area contributed by atoms with E-state index in [0.29, 0.717) is 12.8 Å². The minimum absolute atomic E-state index is 0.00695. The van der Waals surface area contributed by atoms with E-state index in [9.17, 15) is 14.4 Å². The van der Waals surface area contributed by atoms with Crippen LogP contribution >= 0.6 is 0 Å². The van der Waals surface area contributed by atoms with Crippen molar-refractivity contribution in [2.24, 2.45) is 5.92 Å². The number of ketones is 1. The molecule has 30 heavy (non-hydrogen) atoms. The Labute approximate surface area is 185 Å². The van der Waals surface area contributed by atoms with E-state index in [1.165, 1.54) is 64.2 Å². The summed E-state index contributed by atoms with van der Waals surface area (Å²) in [6.45, 7) is 2.23. The number of aliphatic carboxylic acids is 1. The molecule has 0 saturated carbocycles. The molecule has 0 unspecified atom stereocenters. The molecule has 4 heteroatoms. The van der Waals surface area contributed by atoms with Crippen molar-refractivity contribution < 1.29 is 19.5 Å². The minimum atomic E-state index is -0.851. The highest BCUT2D eigenvalue weighted by Crippen LogP contribution is 2.20. The van der Waals surface area contributed by atoms with E-state index in [0.717, 1.165) is 57.7 Å². The SMILES string of the molecule is CCCCCCCCCCCC(=O)[C@H](CCCCCCCCCCC=O)CC(=O)O. The first-order valence-electron chi connectivity index (χ1n) is 12.8. The predicted octanol–water partition coefficient (Wildman–Crippen LogP) is 7.67. The van der Waals surface area contributed by atoms with Crippen LogP contribution in [0.3, 0.4) is 0 Å². The van der Waals surface area contributed by atoms with Crippen molar-refractivity contribution in [3.63, 3.8) is 0 Å². The van der Waals surface area contributed by atoms with Crippen molar-refractivity contribution in [2.45, 2.75) is 142 Å². The summed E-state index contributed by atoms with van der Waals surface area (Å²) in [7, 11) is 0. The highest BCUT2D eigenvalue weighted by atomic mass is 16.4. The summed E-state index contributed by atoms with van der Waals surface area (Å²) in [5, 5.41) is 9.15. The van der Waals surface area contributed by atoms with E-state index in [1.54, 1.807) is 0 Å². The second-order valence-corrected chi connectivity index (χ2v) is 8.91. The molecule has 0 saturated heterocycles. The van der Waals surface area contributed by atoms with Crippen molar-refractivity contribution in [1.82, 2.24) is 0 Å². The van der Waals surface area contributed by atoms with Gasteiger partial charge in [-0.15, -0.1) is 0 Å². The van der Waals surface area contributed by atoms with Crippen molar-refractivity contribution in [3.8, 4) is 0 Å². The van der Waals surface area contributed by atoms with Crippen LogP contribution in [0.4, 0.5) is 0 Å². The van der Waals surface area contributed by atoms with Crippen LogP contribution in [0.5, 0.6) is 0 Å². The van der Waals surface area contributed by atoms with Gasteiger partial charge in [-0.25, -0.2) is 0 Å². The summed E-state index contributed by atoms with van der Waals surface area (Å²) in [4.78, 5) is 33.9. The summed E-state index contributed by atoms with van der Waals surface area (Å²) < 4.78 is 0. The number of carbonyl (C=O) groups is 3. The lowest BCUT2D eigenvalue weighted by molar-refractivity contribution is -0.140. The van der Waals surface area contributed by atoms with E-state index in [-0.39, 0.29) is 18.1 Å². The molecule has 0 aromatic heterocycles. The Morgan fingerprint density at radius 2 is 1.17 bits per heavy atom. The number of carbonyl (C=O) groups excluding carboxylic acids is 2. The Bertz CT molecular complexity index is 419. The number of hydrogen-bond acceptors (Lipinski definition) is 3. The second-order valence-electron chi connectivity index (χ2n) is 8.91. The fourth-order valence-electron chi connectivity index (χ4n) is 4.08. The third-order valence-corrected chi connectivity index (χ3v) is 6.03. The number of carboxylic acid groups (broad SMARTS) is 1. The Morgan fingerprint density at radius 3 is 1.67 bits per heavy atom. The van der Waals surface area contributed by atoms with Gasteiger partial charge in [0, 0.05) is 18.8 Å². The van der Waals surface area contributed by atoms with Gasteiger partial charge < -0.3 is 9.90 Å². The standard InChI is InChI=1S/C26H48O4/c1-2-3-4-5-6-8-12-15-18-21-25(28)24(23-26(29)30)20-17-14-11-9-7-10-13-16-19-22-27/h22,24H,2-21,23H2,1H3,(H,29,30)/t24-/m1/s1. The maximum atomic E-state index is 12.5. The molecular formula is C26H48O4. The van der Waals surface area contributed by atoms with Gasteiger partial charge in [-0.05, 0) is 19.3 Å². The summed E-state index contributed by atoms with van der Waals surface area (Å²) in [5.41, 5.74) is 0. The maximum Gasteiger partial charge on any atom is 0.304 e. The van der Waals surface area contributed by atoms with Crippen LogP contribution < -0.4 is 0 Å². The topological polar surface area (TPSA) is 71.4 Å². The van der Waals surface area contributed by atoms with E-state index in [1.807, 2.05) is 0 Å². The maximum absolute atomic E-state index is 12.5. The van der Waals surface area contributed by atoms with Crippen molar-refractivity contribution >= 4 is 18.0 Å². The molecule has 0 rings (SSSR count). The quantitative estimate of drug-likeness (QED) is 0.127. The van der Waals surface area contributed by atoms with Crippen LogP contribution in [0.15, 0.2) is 0 Å². The molecule has 176 valence electrons. The molecule has 1 atom stereocenters. The molecule has 0 bridgehead atoms. The average Bonchev–Trinajstić information content (AvgIpc) is 2.72. The molecule has 0 aliphatic rings. The van der Waals surface area contributed by atoms with Crippen LogP contribution in [0.2, 0.25) is 0 Å². The van der Waals surface area contributed by atoms with Gasteiger partial charge >= 0.3 is 5.97 Å². The Hall–Kier alpha value is -1.19. The van der Waals surface area contributed by atoms with Gasteiger partial charge in [-0.3, -0.25) is 9.59 Å². The van der Waals surface area contributed by atoms with Crippen LogP contribution in [-0.2, 0) is 14.4 Å². The second kappa shape index (κ2) is 22.5. The molecule has 0 spiro atoms. The number of rotatable bonds is 24. The van der Waals surface area contributed by atoms with Gasteiger partial charge in [0.05, 0.1) is 6.42 Å². The number of aldehydes is 1. The van der Waals surface area contributed by atoms with Crippen molar-refractivity contribution in [2.75, 3.05) is 0 Å². The lowest BCUT2D eigenvalue weighted by atomic mass is 9.90. The number of carboxylic acids is 1. The minimum Gasteiger partial charge on any atom is -0.481 e. The Kier molecular flexibility index (Phi) is 21.6. The van der Waals surface area contributed by atoms with E-state index >= 15 is 0 Å². The van der Waals surface area contributed by atoms with E-state index in [4.69, 9.17) is 5.11 Å². The molecule has 0 aromatic carbocycles. The molecule has 1 N–H and O–H groups in total. The first kappa shape index (κ1) is 28.8. The fourth-order valence-corrected chi connectivity index (χ4v) is 4.08. The molecule has 0 aliphatic carbocycles. The summed E-state index contributed by atoms with van der Waals surface area (Å²) in [6.07, 6.45) is 22.9. The molecule has 4 nitrogen and oxygen atoms in total. The molecule has 0 amide bonds. The van der Waals surface area contributed by atoms with Gasteiger partial charge in [-0.2, -0.15) is 0 Å². The van der Waals surface area contributed by atoms with Crippen LogP contribution in [-0.4, -0.2) is 23.1 Å². The van der Waals surface area contributed by atoms with Crippen molar-refractivity contribution in [3.05, 3.63) is 0 Å². The normalized spacial score (nSPS) is 12.0. The number of hydrogen-bond donors (Lipinski definition) is 1. The Balaban J connectivity index is 3.78. The van der Waals surface area contributed by atoms with Gasteiger partial charge in [-0.1, -0.05) is 103 Å². The summed E-state index contributed by atoms with van der Waals surface area (Å²) >= 11 is 0. The smallest absolute Gasteiger partial charge is 0.304 e. The van der Waals surface area contributed by atoms with Gasteiger partial charge in [0.2, 0.25) is 0 Å². The zero-order chi connectivity index (χ0) is 22.3. The third kappa shape index (κ3) is 20.1. The third-order valence-electron chi connectivity index (χ3n) is 6.03.